The normalized spacial score (nSPS) is 18.1. The molecule has 1 heterocycles. The maximum atomic E-state index is 12.0. The molecule has 1 saturated heterocycles. The smallest absolute Gasteiger partial charge is 0.321 e. The van der Waals surface area contributed by atoms with Gasteiger partial charge in [0, 0.05) is 24.5 Å². The van der Waals surface area contributed by atoms with E-state index in [9.17, 15) is 4.79 Å². The molecule has 1 aromatic carbocycles. The monoisotopic (exact) mass is 233 g/mol. The number of nitrogen functional groups attached to an aromatic ring is 1. The first-order valence-electron chi connectivity index (χ1n) is 5.88. The van der Waals surface area contributed by atoms with Crippen LogP contribution in [0.25, 0.3) is 0 Å². The molecular formula is C13H19N3O. The minimum absolute atomic E-state index is 0.0406. The molecule has 0 saturated carbocycles. The largest absolute Gasteiger partial charge is 0.399 e. The highest BCUT2D eigenvalue weighted by Gasteiger charge is 2.31. The van der Waals surface area contributed by atoms with E-state index in [2.05, 4.69) is 19.2 Å². The lowest BCUT2D eigenvalue weighted by Crippen LogP contribution is -2.34. The quantitative estimate of drug-likeness (QED) is 0.732. The summed E-state index contributed by atoms with van der Waals surface area (Å²) in [4.78, 5) is 13.8. The van der Waals surface area contributed by atoms with E-state index in [4.69, 9.17) is 5.73 Å². The van der Waals surface area contributed by atoms with E-state index in [0.29, 0.717) is 5.69 Å². The van der Waals surface area contributed by atoms with Crippen molar-refractivity contribution in [2.75, 3.05) is 24.1 Å². The zero-order valence-electron chi connectivity index (χ0n) is 10.4. The van der Waals surface area contributed by atoms with Crippen LogP contribution in [-0.2, 0) is 0 Å². The van der Waals surface area contributed by atoms with Crippen LogP contribution in [-0.4, -0.2) is 24.0 Å². The van der Waals surface area contributed by atoms with E-state index in [1.165, 1.54) is 0 Å². The minimum atomic E-state index is -0.0406. The Kier molecular flexibility index (Phi) is 2.96. The maximum Gasteiger partial charge on any atom is 0.321 e. The van der Waals surface area contributed by atoms with Gasteiger partial charge in [-0.1, -0.05) is 19.9 Å². The van der Waals surface area contributed by atoms with E-state index in [-0.39, 0.29) is 11.4 Å². The summed E-state index contributed by atoms with van der Waals surface area (Å²) in [5.74, 6) is 0. The van der Waals surface area contributed by atoms with Gasteiger partial charge in [0.25, 0.3) is 0 Å². The van der Waals surface area contributed by atoms with Crippen molar-refractivity contribution < 1.29 is 4.79 Å². The van der Waals surface area contributed by atoms with Crippen LogP contribution in [0.3, 0.4) is 0 Å². The SMILES string of the molecule is CC1(C)CCN(C(=O)Nc2cccc(N)c2)C1. The van der Waals surface area contributed by atoms with E-state index >= 15 is 0 Å². The highest BCUT2D eigenvalue weighted by molar-refractivity contribution is 5.90. The average molecular weight is 233 g/mol. The molecule has 0 aromatic heterocycles. The Bertz CT molecular complexity index is 428. The van der Waals surface area contributed by atoms with Crippen LogP contribution in [0.2, 0.25) is 0 Å². The van der Waals surface area contributed by atoms with Crippen LogP contribution in [0.15, 0.2) is 24.3 Å². The summed E-state index contributed by atoms with van der Waals surface area (Å²) in [7, 11) is 0. The van der Waals surface area contributed by atoms with Gasteiger partial charge in [0.15, 0.2) is 0 Å². The highest BCUT2D eigenvalue weighted by Crippen LogP contribution is 2.29. The standard InChI is InChI=1S/C13H19N3O/c1-13(2)6-7-16(9-13)12(17)15-11-5-3-4-10(14)8-11/h3-5,8H,6-7,9,14H2,1-2H3,(H,15,17). The fourth-order valence-electron chi connectivity index (χ4n) is 2.10. The Morgan fingerprint density at radius 2 is 2.24 bits per heavy atom. The number of nitrogens with zero attached hydrogens (tertiary/aromatic N) is 1. The Labute approximate surface area is 102 Å². The van der Waals surface area contributed by atoms with Crippen LogP contribution in [0.4, 0.5) is 16.2 Å². The zero-order valence-corrected chi connectivity index (χ0v) is 10.4. The molecule has 0 atom stereocenters. The second-order valence-corrected chi connectivity index (χ2v) is 5.39. The molecule has 2 amide bonds. The Balaban J connectivity index is 1.98. The average Bonchev–Trinajstić information content (AvgIpc) is 2.59. The van der Waals surface area contributed by atoms with E-state index in [1.807, 2.05) is 17.0 Å². The van der Waals surface area contributed by atoms with Crippen molar-refractivity contribution in [3.63, 3.8) is 0 Å². The lowest BCUT2D eigenvalue weighted by molar-refractivity contribution is 0.217. The number of nitrogens with one attached hydrogen (secondary N) is 1. The number of hydrogen-bond donors (Lipinski definition) is 2. The van der Waals surface area contributed by atoms with E-state index in [1.54, 1.807) is 12.1 Å². The maximum absolute atomic E-state index is 12.0. The molecule has 17 heavy (non-hydrogen) atoms. The highest BCUT2D eigenvalue weighted by atomic mass is 16.2. The fourth-order valence-corrected chi connectivity index (χ4v) is 2.10. The van der Waals surface area contributed by atoms with Crippen molar-refractivity contribution in [3.8, 4) is 0 Å². The number of hydrogen-bond acceptors (Lipinski definition) is 2. The van der Waals surface area contributed by atoms with Gasteiger partial charge < -0.3 is 16.0 Å². The minimum Gasteiger partial charge on any atom is -0.399 e. The first kappa shape index (κ1) is 11.8. The van der Waals surface area contributed by atoms with Crippen molar-refractivity contribution in [2.45, 2.75) is 20.3 Å². The fraction of sp³-hybridized carbons (Fsp3) is 0.462. The molecule has 0 radical (unpaired) electrons. The number of nitrogens with two attached hydrogens (primary N) is 1. The van der Waals surface area contributed by atoms with Gasteiger partial charge in [-0.15, -0.1) is 0 Å². The van der Waals surface area contributed by atoms with Crippen molar-refractivity contribution in [1.29, 1.82) is 0 Å². The van der Waals surface area contributed by atoms with Crippen molar-refractivity contribution in [3.05, 3.63) is 24.3 Å². The number of carbonyl (C=O) groups excluding carboxylic acids is 1. The van der Waals surface area contributed by atoms with Crippen LogP contribution < -0.4 is 11.1 Å². The summed E-state index contributed by atoms with van der Waals surface area (Å²) < 4.78 is 0. The third-order valence-corrected chi connectivity index (χ3v) is 3.10. The summed E-state index contributed by atoms with van der Waals surface area (Å²) >= 11 is 0. The van der Waals surface area contributed by atoms with Gasteiger partial charge in [-0.2, -0.15) is 0 Å². The predicted octanol–water partition coefficient (Wildman–Crippen LogP) is 2.53. The van der Waals surface area contributed by atoms with Gasteiger partial charge in [-0.3, -0.25) is 0 Å². The van der Waals surface area contributed by atoms with Crippen LogP contribution in [0.1, 0.15) is 20.3 Å². The van der Waals surface area contributed by atoms with Gasteiger partial charge in [0.2, 0.25) is 0 Å². The molecule has 1 aromatic rings. The van der Waals surface area contributed by atoms with Crippen LogP contribution >= 0.6 is 0 Å². The number of anilines is 2. The Hall–Kier alpha value is -1.71. The molecule has 0 aliphatic carbocycles. The van der Waals surface area contributed by atoms with Gasteiger partial charge in [0.1, 0.15) is 0 Å². The number of amides is 2. The van der Waals surface area contributed by atoms with Crippen molar-refractivity contribution in [2.24, 2.45) is 5.41 Å². The molecule has 1 aliphatic rings. The third-order valence-electron chi connectivity index (χ3n) is 3.10. The second-order valence-electron chi connectivity index (χ2n) is 5.39. The van der Waals surface area contributed by atoms with E-state index < -0.39 is 0 Å². The van der Waals surface area contributed by atoms with Gasteiger partial charge in [0.05, 0.1) is 0 Å². The van der Waals surface area contributed by atoms with Crippen molar-refractivity contribution >= 4 is 17.4 Å². The Morgan fingerprint density at radius 1 is 1.47 bits per heavy atom. The topological polar surface area (TPSA) is 58.4 Å². The molecule has 0 unspecified atom stereocenters. The first-order chi connectivity index (χ1) is 7.96. The summed E-state index contributed by atoms with van der Waals surface area (Å²) in [5, 5.41) is 2.87. The zero-order chi connectivity index (χ0) is 12.5. The number of rotatable bonds is 1. The first-order valence-corrected chi connectivity index (χ1v) is 5.88. The third kappa shape index (κ3) is 2.90. The van der Waals surface area contributed by atoms with Gasteiger partial charge in [-0.25, -0.2) is 4.79 Å². The van der Waals surface area contributed by atoms with Gasteiger partial charge in [-0.05, 0) is 30.0 Å². The van der Waals surface area contributed by atoms with Crippen LogP contribution in [0.5, 0.6) is 0 Å². The molecule has 4 heteroatoms. The number of carbonyl (C=O) groups is 1. The summed E-state index contributed by atoms with van der Waals surface area (Å²) in [6.45, 7) is 5.99. The number of likely N-dealkylation sites (tertiary alicyclic amines) is 1. The second kappa shape index (κ2) is 4.28. The van der Waals surface area contributed by atoms with Crippen LogP contribution in [0, 0.1) is 5.41 Å². The summed E-state index contributed by atoms with van der Waals surface area (Å²) in [6.07, 6.45) is 1.05. The molecule has 92 valence electrons. The van der Waals surface area contributed by atoms with Crippen molar-refractivity contribution in [1.82, 2.24) is 4.90 Å². The predicted molar refractivity (Wildman–Crippen MR) is 69.8 cm³/mol. The molecule has 2 rings (SSSR count). The number of urea groups is 1. The molecule has 0 bridgehead atoms. The molecule has 1 aliphatic heterocycles. The molecule has 3 N–H and O–H groups in total. The van der Waals surface area contributed by atoms with E-state index in [0.717, 1.165) is 25.2 Å². The molecule has 1 fully saturated rings. The number of benzene rings is 1. The lowest BCUT2D eigenvalue weighted by Gasteiger charge is -2.20. The summed E-state index contributed by atoms with van der Waals surface area (Å²) in [6, 6.07) is 7.20. The molecular weight excluding hydrogens is 214 g/mol. The summed E-state index contributed by atoms with van der Waals surface area (Å²) in [5.41, 5.74) is 7.30. The lowest BCUT2D eigenvalue weighted by atomic mass is 9.93. The molecule has 0 spiro atoms. The Morgan fingerprint density at radius 3 is 2.82 bits per heavy atom. The molecule has 4 nitrogen and oxygen atoms in total. The van der Waals surface area contributed by atoms with Gasteiger partial charge >= 0.3 is 6.03 Å².